The van der Waals surface area contributed by atoms with Crippen molar-refractivity contribution in [3.05, 3.63) is 36.4 Å². The maximum Gasteiger partial charge on any atom is 0.298 e. The highest BCUT2D eigenvalue weighted by Crippen LogP contribution is 2.43. The van der Waals surface area contributed by atoms with E-state index < -0.39 is 10.1 Å². The minimum atomic E-state index is -4.45. The van der Waals surface area contributed by atoms with Gasteiger partial charge in [0.25, 0.3) is 10.1 Å². The zero-order chi connectivity index (χ0) is 19.9. The molecule has 0 spiro atoms. The lowest BCUT2D eigenvalue weighted by molar-refractivity contribution is 0.387. The zero-order valence-corrected chi connectivity index (χ0v) is 17.8. The third-order valence-electron chi connectivity index (χ3n) is 4.29. The second-order valence-electron chi connectivity index (χ2n) is 6.19. The van der Waals surface area contributed by atoms with Crippen LogP contribution in [0.15, 0.2) is 41.3 Å². The summed E-state index contributed by atoms with van der Waals surface area (Å²) >= 11 is 0. The minimum absolute atomic E-state index is 0.124. The molecule has 1 unspecified atom stereocenters. The first-order chi connectivity index (χ1) is 12.9. The van der Waals surface area contributed by atoms with Crippen LogP contribution in [0.5, 0.6) is 11.5 Å². The summed E-state index contributed by atoms with van der Waals surface area (Å²) in [5.74, 6) is 0.653. The quantitative estimate of drug-likeness (QED) is 0.355. The van der Waals surface area contributed by atoms with Gasteiger partial charge in [-0.25, -0.2) is 0 Å². The maximum atomic E-state index is 12.2. The first kappa shape index (κ1) is 21.7. The Balaban J connectivity index is 2.58. The molecule has 148 valence electrons. The van der Waals surface area contributed by atoms with Gasteiger partial charge in [0.15, 0.2) is 5.75 Å². The molecule has 0 aliphatic heterocycles. The third kappa shape index (κ3) is 5.44. The van der Waals surface area contributed by atoms with E-state index in [1.165, 1.54) is 7.11 Å². The first-order valence-electron chi connectivity index (χ1n) is 8.99. The van der Waals surface area contributed by atoms with Gasteiger partial charge < -0.3 is 9.47 Å². The molecular weight excluding hydrogens is 383 g/mol. The maximum absolute atomic E-state index is 12.2. The van der Waals surface area contributed by atoms with Crippen molar-refractivity contribution < 1.29 is 22.4 Å². The summed E-state index contributed by atoms with van der Waals surface area (Å²) in [5, 5.41) is 0.544. The van der Waals surface area contributed by atoms with E-state index in [0.29, 0.717) is 16.6 Å². The molecule has 5 nitrogen and oxygen atoms in total. The van der Waals surface area contributed by atoms with E-state index in [-0.39, 0.29) is 19.2 Å². The van der Waals surface area contributed by atoms with Crippen molar-refractivity contribution >= 4 is 24.0 Å². The molecule has 2 aromatic rings. The zero-order valence-electron chi connectivity index (χ0n) is 16.0. The molecule has 2 aromatic carbocycles. The van der Waals surface area contributed by atoms with Crippen LogP contribution in [-0.2, 0) is 10.1 Å². The molecule has 27 heavy (non-hydrogen) atoms. The second-order valence-corrected chi connectivity index (χ2v) is 8.94. The molecular formula is C20H27O5PS. The van der Waals surface area contributed by atoms with Crippen molar-refractivity contribution in [2.75, 3.05) is 20.4 Å². The van der Waals surface area contributed by atoms with Crippen LogP contribution in [0.3, 0.4) is 0 Å². The molecule has 0 saturated heterocycles. The Morgan fingerprint density at radius 1 is 1.04 bits per heavy atom. The van der Waals surface area contributed by atoms with E-state index in [4.69, 9.17) is 9.47 Å². The van der Waals surface area contributed by atoms with Gasteiger partial charge in [-0.05, 0) is 24.2 Å². The minimum Gasteiger partial charge on any atom is -0.496 e. The molecule has 0 aliphatic carbocycles. The summed E-state index contributed by atoms with van der Waals surface area (Å²) in [6, 6.07) is 11.0. The van der Waals surface area contributed by atoms with E-state index >= 15 is 0 Å². The van der Waals surface area contributed by atoms with Crippen LogP contribution in [-0.4, -0.2) is 33.4 Å². The lowest BCUT2D eigenvalue weighted by Gasteiger charge is -2.19. The molecule has 1 N–H and O–H groups in total. The lowest BCUT2D eigenvalue weighted by atomic mass is 10.0. The smallest absolute Gasteiger partial charge is 0.298 e. The number of methoxy groups -OCH3 is 2. The van der Waals surface area contributed by atoms with Crippen molar-refractivity contribution in [3.63, 3.8) is 0 Å². The molecule has 0 aromatic heterocycles. The fourth-order valence-electron chi connectivity index (χ4n) is 3.01. The molecule has 0 bridgehead atoms. The summed E-state index contributed by atoms with van der Waals surface area (Å²) in [5.41, 5.74) is 1.28. The predicted octanol–water partition coefficient (Wildman–Crippen LogP) is 4.50. The highest BCUT2D eigenvalue weighted by Gasteiger charge is 2.28. The molecule has 0 aliphatic rings. The number of ether oxygens (including phenoxy) is 2. The topological polar surface area (TPSA) is 72.8 Å². The van der Waals surface area contributed by atoms with Crippen LogP contribution < -0.4 is 14.8 Å². The van der Waals surface area contributed by atoms with Gasteiger partial charge in [0, 0.05) is 5.30 Å². The molecule has 0 amide bonds. The molecule has 0 saturated carbocycles. The Hall–Kier alpha value is -1.62. The van der Waals surface area contributed by atoms with Gasteiger partial charge in [0.2, 0.25) is 0 Å². The molecule has 0 heterocycles. The van der Waals surface area contributed by atoms with Gasteiger partial charge in [-0.1, -0.05) is 65.1 Å². The normalized spacial score (nSPS) is 11.9. The summed E-state index contributed by atoms with van der Waals surface area (Å²) < 4.78 is 45.3. The average Bonchev–Trinajstić information content (AvgIpc) is 2.66. The van der Waals surface area contributed by atoms with Crippen molar-refractivity contribution in [2.45, 2.75) is 37.5 Å². The number of benzene rings is 2. The monoisotopic (exact) mass is 410 g/mol. The fourth-order valence-corrected chi connectivity index (χ4v) is 5.58. The highest BCUT2D eigenvalue weighted by molar-refractivity contribution is 7.86. The van der Waals surface area contributed by atoms with Gasteiger partial charge in [0.1, 0.15) is 10.6 Å². The standard InChI is InChI=1S/C20H27O5PS/c1-4-5-6-10-13-26-17-14-16(24-2)18(15-11-8-7-9-12-15)19(25-3)20(17)27(21,22)23/h7-9,11-12,14,26H,4-6,10,13H2,1-3H3,(H,21,22,23). The Labute approximate surface area is 163 Å². The van der Waals surface area contributed by atoms with Crippen LogP contribution in [0.2, 0.25) is 0 Å². The van der Waals surface area contributed by atoms with Gasteiger partial charge in [-0.2, -0.15) is 8.42 Å². The van der Waals surface area contributed by atoms with E-state index in [9.17, 15) is 13.0 Å². The van der Waals surface area contributed by atoms with Crippen LogP contribution in [0.25, 0.3) is 11.1 Å². The largest absolute Gasteiger partial charge is 0.496 e. The summed E-state index contributed by atoms with van der Waals surface area (Å²) in [6.45, 7) is 2.15. The highest BCUT2D eigenvalue weighted by atomic mass is 32.2. The predicted molar refractivity (Wildman–Crippen MR) is 112 cm³/mol. The van der Waals surface area contributed by atoms with Crippen LogP contribution in [0, 0.1) is 0 Å². The summed E-state index contributed by atoms with van der Waals surface area (Å²) in [6.07, 6.45) is 5.30. The Morgan fingerprint density at radius 2 is 1.74 bits per heavy atom. The summed E-state index contributed by atoms with van der Waals surface area (Å²) in [7, 11) is -1.26. The Bertz CT molecular complexity index is 850. The van der Waals surface area contributed by atoms with Crippen LogP contribution in [0.4, 0.5) is 0 Å². The second kappa shape index (κ2) is 10.1. The first-order valence-corrected chi connectivity index (χ1v) is 11.6. The summed E-state index contributed by atoms with van der Waals surface area (Å²) in [4.78, 5) is -0.154. The Kier molecular flexibility index (Phi) is 8.08. The molecule has 1 atom stereocenters. The molecule has 0 radical (unpaired) electrons. The van der Waals surface area contributed by atoms with Crippen molar-refractivity contribution in [1.82, 2.24) is 0 Å². The van der Waals surface area contributed by atoms with E-state index in [2.05, 4.69) is 6.92 Å². The number of unbranched alkanes of at least 4 members (excludes halogenated alkanes) is 3. The van der Waals surface area contributed by atoms with E-state index in [1.807, 2.05) is 30.3 Å². The number of rotatable bonds is 10. The van der Waals surface area contributed by atoms with Crippen molar-refractivity contribution in [1.29, 1.82) is 0 Å². The lowest BCUT2D eigenvalue weighted by Crippen LogP contribution is -2.15. The SMILES string of the molecule is CCCCCCPc1cc(OC)c(-c2ccccc2)c(OC)c1S(=O)(=O)O. The van der Waals surface area contributed by atoms with Crippen molar-refractivity contribution in [2.24, 2.45) is 0 Å². The molecule has 0 fully saturated rings. The van der Waals surface area contributed by atoms with E-state index in [1.54, 1.807) is 13.2 Å². The van der Waals surface area contributed by atoms with Crippen LogP contribution in [0.1, 0.15) is 32.6 Å². The van der Waals surface area contributed by atoms with Gasteiger partial charge in [-0.15, -0.1) is 0 Å². The third-order valence-corrected chi connectivity index (χ3v) is 6.77. The average molecular weight is 410 g/mol. The van der Waals surface area contributed by atoms with Crippen molar-refractivity contribution in [3.8, 4) is 22.6 Å². The molecule has 7 heteroatoms. The number of hydrogen-bond donors (Lipinski definition) is 1. The number of hydrogen-bond acceptors (Lipinski definition) is 4. The van der Waals surface area contributed by atoms with E-state index in [0.717, 1.165) is 37.4 Å². The van der Waals surface area contributed by atoms with Crippen LogP contribution >= 0.6 is 8.58 Å². The molecule has 2 rings (SSSR count). The van der Waals surface area contributed by atoms with Gasteiger partial charge in [0.05, 0.1) is 19.8 Å². The van der Waals surface area contributed by atoms with Gasteiger partial charge >= 0.3 is 0 Å². The Morgan fingerprint density at radius 3 is 2.30 bits per heavy atom. The van der Waals surface area contributed by atoms with Gasteiger partial charge in [-0.3, -0.25) is 4.55 Å². The fraction of sp³-hybridized carbons (Fsp3) is 0.400.